The van der Waals surface area contributed by atoms with Crippen LogP contribution in [0.4, 0.5) is 4.39 Å². The number of hydrogen-bond donors (Lipinski definition) is 1. The van der Waals surface area contributed by atoms with E-state index in [2.05, 4.69) is 5.32 Å². The number of ether oxygens (including phenoxy) is 1. The van der Waals surface area contributed by atoms with E-state index in [-0.39, 0.29) is 11.8 Å². The van der Waals surface area contributed by atoms with Crippen LogP contribution in [-0.2, 0) is 9.53 Å². The Morgan fingerprint density at radius 1 is 1.50 bits per heavy atom. The van der Waals surface area contributed by atoms with Crippen molar-refractivity contribution in [2.75, 3.05) is 12.4 Å². The zero-order chi connectivity index (χ0) is 14.6. The van der Waals surface area contributed by atoms with Crippen molar-refractivity contribution in [3.8, 4) is 0 Å². The molecule has 1 saturated carbocycles. The third-order valence-electron chi connectivity index (χ3n) is 3.18. The van der Waals surface area contributed by atoms with Gasteiger partial charge in [-0.25, -0.2) is 4.39 Å². The Bertz CT molecular complexity index is 479. The summed E-state index contributed by atoms with van der Waals surface area (Å²) in [5.74, 6) is -0.0747. The summed E-state index contributed by atoms with van der Waals surface area (Å²) < 4.78 is 18.8. The largest absolute Gasteiger partial charge is 0.465 e. The molecule has 1 fully saturated rings. The predicted molar refractivity (Wildman–Crippen MR) is 78.3 cm³/mol. The Labute approximate surface area is 123 Å². The fourth-order valence-electron chi connectivity index (χ4n) is 1.91. The summed E-state index contributed by atoms with van der Waals surface area (Å²) in [6, 6.07) is 6.99. The minimum Gasteiger partial charge on any atom is -0.465 e. The van der Waals surface area contributed by atoms with Crippen molar-refractivity contribution >= 4 is 17.7 Å². The van der Waals surface area contributed by atoms with E-state index in [9.17, 15) is 9.18 Å². The van der Waals surface area contributed by atoms with Gasteiger partial charge in [-0.1, -0.05) is 12.1 Å². The second-order valence-electron chi connectivity index (χ2n) is 5.19. The van der Waals surface area contributed by atoms with Crippen LogP contribution in [0.2, 0.25) is 0 Å². The van der Waals surface area contributed by atoms with Crippen LogP contribution in [0, 0.1) is 5.82 Å². The number of benzene rings is 1. The summed E-state index contributed by atoms with van der Waals surface area (Å²) in [4.78, 5) is 12.7. The molecule has 5 heteroatoms. The molecular formula is C15H20FNO2S. The molecule has 1 aliphatic carbocycles. The molecule has 0 spiro atoms. The Morgan fingerprint density at radius 3 is 2.80 bits per heavy atom. The van der Waals surface area contributed by atoms with Crippen LogP contribution >= 0.6 is 11.8 Å². The van der Waals surface area contributed by atoms with Crippen molar-refractivity contribution < 1.29 is 13.9 Å². The lowest BCUT2D eigenvalue weighted by Crippen LogP contribution is -2.53. The van der Waals surface area contributed by atoms with Crippen molar-refractivity contribution in [3.05, 3.63) is 30.1 Å². The Kier molecular flexibility index (Phi) is 5.05. The topological polar surface area (TPSA) is 38.3 Å². The Morgan fingerprint density at radius 2 is 2.20 bits per heavy atom. The molecule has 0 bridgehead atoms. The molecule has 0 radical (unpaired) electrons. The number of nitrogens with one attached hydrogen (secondary N) is 1. The van der Waals surface area contributed by atoms with E-state index in [0.29, 0.717) is 23.3 Å². The number of hydrogen-bond acceptors (Lipinski definition) is 4. The molecule has 3 nitrogen and oxygen atoms in total. The lowest BCUT2D eigenvalue weighted by molar-refractivity contribution is -0.149. The minimum atomic E-state index is -0.774. The number of halogens is 1. The van der Waals surface area contributed by atoms with Crippen LogP contribution in [0.25, 0.3) is 0 Å². The number of carbonyl (C=O) groups excluding carboxylic acids is 1. The van der Waals surface area contributed by atoms with Gasteiger partial charge < -0.3 is 4.74 Å². The summed E-state index contributed by atoms with van der Waals surface area (Å²) in [6.07, 6.45) is 2.17. The highest BCUT2D eigenvalue weighted by atomic mass is 32.2. The standard InChI is InChI=1S/C15H20FNO2S/c1-3-19-14(18)15(2,17-11-8-9-11)10-20-13-7-5-4-6-12(13)16/h4-7,11,17H,3,8-10H2,1-2H3. The minimum absolute atomic E-state index is 0.255. The molecule has 0 heterocycles. The van der Waals surface area contributed by atoms with Gasteiger partial charge in [-0.2, -0.15) is 0 Å². The zero-order valence-electron chi connectivity index (χ0n) is 11.8. The van der Waals surface area contributed by atoms with E-state index in [1.807, 2.05) is 6.92 Å². The van der Waals surface area contributed by atoms with Crippen LogP contribution in [0.1, 0.15) is 26.7 Å². The number of rotatable bonds is 7. The van der Waals surface area contributed by atoms with Gasteiger partial charge >= 0.3 is 5.97 Å². The summed E-state index contributed by atoms with van der Waals surface area (Å²) in [5, 5.41) is 3.32. The summed E-state index contributed by atoms with van der Waals surface area (Å²) >= 11 is 1.34. The van der Waals surface area contributed by atoms with Gasteiger partial charge in [-0.15, -0.1) is 11.8 Å². The maximum atomic E-state index is 13.6. The average Bonchev–Trinajstić information content (AvgIpc) is 3.22. The summed E-state index contributed by atoms with van der Waals surface area (Å²) in [7, 11) is 0. The second-order valence-corrected chi connectivity index (χ2v) is 6.21. The van der Waals surface area contributed by atoms with Gasteiger partial charge in [0.25, 0.3) is 0 Å². The van der Waals surface area contributed by atoms with Gasteiger partial charge in [-0.3, -0.25) is 10.1 Å². The van der Waals surface area contributed by atoms with E-state index in [4.69, 9.17) is 4.74 Å². The van der Waals surface area contributed by atoms with Gasteiger partial charge in [-0.05, 0) is 38.8 Å². The Hall–Kier alpha value is -1.07. The normalized spacial score (nSPS) is 17.6. The van der Waals surface area contributed by atoms with E-state index in [1.54, 1.807) is 25.1 Å². The van der Waals surface area contributed by atoms with Gasteiger partial charge in [0.05, 0.1) is 6.61 Å². The van der Waals surface area contributed by atoms with E-state index in [0.717, 1.165) is 12.8 Å². The molecule has 0 saturated heterocycles. The van der Waals surface area contributed by atoms with E-state index in [1.165, 1.54) is 17.8 Å². The smallest absolute Gasteiger partial charge is 0.326 e. The molecule has 1 aliphatic rings. The number of carbonyl (C=O) groups is 1. The number of thioether (sulfide) groups is 1. The highest BCUT2D eigenvalue weighted by Gasteiger charge is 2.39. The molecule has 1 N–H and O–H groups in total. The first-order valence-corrected chi connectivity index (χ1v) is 7.86. The van der Waals surface area contributed by atoms with Crippen molar-refractivity contribution in [3.63, 3.8) is 0 Å². The lowest BCUT2D eigenvalue weighted by atomic mass is 10.1. The quantitative estimate of drug-likeness (QED) is 0.620. The molecule has 0 aromatic heterocycles. The van der Waals surface area contributed by atoms with E-state index >= 15 is 0 Å². The summed E-state index contributed by atoms with van der Waals surface area (Å²) in [6.45, 7) is 3.97. The molecule has 0 amide bonds. The molecule has 0 aliphatic heterocycles. The van der Waals surface area contributed by atoms with Gasteiger partial charge in [0, 0.05) is 16.7 Å². The fraction of sp³-hybridized carbons (Fsp3) is 0.533. The predicted octanol–water partition coefficient (Wildman–Crippen LogP) is 2.99. The van der Waals surface area contributed by atoms with Crippen LogP contribution < -0.4 is 5.32 Å². The van der Waals surface area contributed by atoms with Crippen LogP contribution in [-0.4, -0.2) is 29.9 Å². The van der Waals surface area contributed by atoms with Crippen molar-refractivity contribution in [2.45, 2.75) is 43.2 Å². The first-order valence-electron chi connectivity index (χ1n) is 6.87. The molecule has 20 heavy (non-hydrogen) atoms. The first kappa shape index (κ1) is 15.3. The summed E-state index contributed by atoms with van der Waals surface area (Å²) in [5.41, 5.74) is -0.774. The molecule has 2 rings (SSSR count). The Balaban J connectivity index is 2.03. The van der Waals surface area contributed by atoms with Gasteiger partial charge in [0.2, 0.25) is 0 Å². The molecule has 1 unspecified atom stereocenters. The van der Waals surface area contributed by atoms with Crippen molar-refractivity contribution in [2.24, 2.45) is 0 Å². The van der Waals surface area contributed by atoms with Crippen LogP contribution in [0.5, 0.6) is 0 Å². The first-order chi connectivity index (χ1) is 9.55. The molecule has 110 valence electrons. The maximum absolute atomic E-state index is 13.6. The highest BCUT2D eigenvalue weighted by molar-refractivity contribution is 7.99. The van der Waals surface area contributed by atoms with Crippen molar-refractivity contribution in [1.82, 2.24) is 5.32 Å². The highest BCUT2D eigenvalue weighted by Crippen LogP contribution is 2.29. The third kappa shape index (κ3) is 3.96. The number of esters is 1. The second kappa shape index (κ2) is 6.59. The average molecular weight is 297 g/mol. The molecular weight excluding hydrogens is 277 g/mol. The van der Waals surface area contributed by atoms with Crippen LogP contribution in [0.3, 0.4) is 0 Å². The zero-order valence-corrected chi connectivity index (χ0v) is 12.6. The van der Waals surface area contributed by atoms with E-state index < -0.39 is 5.54 Å². The van der Waals surface area contributed by atoms with Gasteiger partial charge in [0.1, 0.15) is 11.4 Å². The third-order valence-corrected chi connectivity index (χ3v) is 4.54. The molecule has 1 atom stereocenters. The SMILES string of the molecule is CCOC(=O)C(C)(CSc1ccccc1F)NC1CC1. The fourth-order valence-corrected chi connectivity index (χ4v) is 2.94. The van der Waals surface area contributed by atoms with Crippen molar-refractivity contribution in [1.29, 1.82) is 0 Å². The monoisotopic (exact) mass is 297 g/mol. The van der Waals surface area contributed by atoms with Gasteiger partial charge in [0.15, 0.2) is 0 Å². The van der Waals surface area contributed by atoms with Crippen LogP contribution in [0.15, 0.2) is 29.2 Å². The maximum Gasteiger partial charge on any atom is 0.326 e. The lowest BCUT2D eigenvalue weighted by Gasteiger charge is -2.28. The molecule has 1 aromatic carbocycles. The molecule has 1 aromatic rings.